The third-order valence-corrected chi connectivity index (χ3v) is 3.76. The smallest absolute Gasteiger partial charge is 0.339 e. The molecule has 0 aliphatic heterocycles. The Kier molecular flexibility index (Phi) is 4.61. The highest BCUT2D eigenvalue weighted by molar-refractivity contribution is 6.10. The monoisotopic (exact) mass is 335 g/mol. The maximum atomic E-state index is 13.1. The molecule has 1 N–H and O–H groups in total. The van der Waals surface area contributed by atoms with Crippen molar-refractivity contribution >= 4 is 17.6 Å². The van der Waals surface area contributed by atoms with Crippen LogP contribution in [-0.4, -0.2) is 26.8 Å². The van der Waals surface area contributed by atoms with E-state index in [4.69, 9.17) is 0 Å². The summed E-state index contributed by atoms with van der Waals surface area (Å²) in [6.07, 6.45) is 1.33. The summed E-state index contributed by atoms with van der Waals surface area (Å²) in [5, 5.41) is 13.4. The molecule has 0 radical (unpaired) electrons. The van der Waals surface area contributed by atoms with Gasteiger partial charge in [-0.2, -0.15) is 5.10 Å². The lowest BCUT2D eigenvalue weighted by Gasteiger charge is -2.22. The Morgan fingerprint density at radius 3 is 2.24 bits per heavy atom. The zero-order valence-electron chi connectivity index (χ0n) is 13.7. The number of hydrogen-bond donors (Lipinski definition) is 1. The number of nitrogens with zero attached hydrogens (tertiary/aromatic N) is 3. The lowest BCUT2D eigenvalue weighted by molar-refractivity contribution is 0.0692. The van der Waals surface area contributed by atoms with Gasteiger partial charge in [-0.1, -0.05) is 48.5 Å². The predicted octanol–water partition coefficient (Wildman–Crippen LogP) is 2.97. The summed E-state index contributed by atoms with van der Waals surface area (Å²) in [5.41, 5.74) is 1.43. The molecule has 0 fully saturated rings. The molecule has 0 bridgehead atoms. The third-order valence-electron chi connectivity index (χ3n) is 3.76. The van der Waals surface area contributed by atoms with Gasteiger partial charge in [0, 0.05) is 18.9 Å². The molecule has 3 aromatic rings. The Labute approximate surface area is 144 Å². The van der Waals surface area contributed by atoms with E-state index in [-0.39, 0.29) is 11.3 Å². The zero-order valence-corrected chi connectivity index (χ0v) is 13.7. The van der Waals surface area contributed by atoms with E-state index in [1.807, 2.05) is 60.7 Å². The Bertz CT molecular complexity index is 889. The minimum absolute atomic E-state index is 0.0743. The second-order valence-corrected chi connectivity index (χ2v) is 5.58. The fourth-order valence-corrected chi connectivity index (χ4v) is 2.59. The van der Waals surface area contributed by atoms with Gasteiger partial charge in [0.15, 0.2) is 5.69 Å². The highest BCUT2D eigenvalue weighted by atomic mass is 16.4. The highest BCUT2D eigenvalue weighted by Gasteiger charge is 2.26. The molecule has 1 heterocycles. The number of aromatic nitrogens is 2. The van der Waals surface area contributed by atoms with Crippen LogP contribution in [0.4, 0.5) is 5.69 Å². The van der Waals surface area contributed by atoms with Gasteiger partial charge in [-0.15, -0.1) is 0 Å². The van der Waals surface area contributed by atoms with Crippen molar-refractivity contribution < 1.29 is 14.7 Å². The largest absolute Gasteiger partial charge is 0.478 e. The second kappa shape index (κ2) is 7.00. The van der Waals surface area contributed by atoms with Gasteiger partial charge in [-0.25, -0.2) is 4.79 Å². The molecule has 0 saturated heterocycles. The van der Waals surface area contributed by atoms with Crippen LogP contribution in [0, 0.1) is 0 Å². The number of aryl methyl sites for hydroxylation is 1. The van der Waals surface area contributed by atoms with Gasteiger partial charge in [0.05, 0.1) is 6.54 Å². The molecule has 2 aromatic carbocycles. The summed E-state index contributed by atoms with van der Waals surface area (Å²) in [4.78, 5) is 26.0. The predicted molar refractivity (Wildman–Crippen MR) is 93.6 cm³/mol. The Hall–Kier alpha value is -3.41. The van der Waals surface area contributed by atoms with Crippen LogP contribution < -0.4 is 4.90 Å². The first-order valence-electron chi connectivity index (χ1n) is 7.74. The van der Waals surface area contributed by atoms with Crippen LogP contribution in [0.25, 0.3) is 0 Å². The standard InChI is InChI=1S/C19H17N3O3/c1-21-13-16(19(24)25)17(20-21)18(23)22(15-10-6-3-7-11-15)12-14-8-4-2-5-9-14/h2-11,13H,12H2,1H3,(H,24,25). The fourth-order valence-electron chi connectivity index (χ4n) is 2.59. The van der Waals surface area contributed by atoms with E-state index in [0.29, 0.717) is 12.2 Å². The minimum atomic E-state index is -1.18. The molecular formula is C19H17N3O3. The van der Waals surface area contributed by atoms with Crippen LogP contribution in [0.5, 0.6) is 0 Å². The molecule has 126 valence electrons. The third kappa shape index (κ3) is 3.58. The molecule has 3 rings (SSSR count). The molecule has 0 aliphatic rings. The molecule has 0 unspecified atom stereocenters. The lowest BCUT2D eigenvalue weighted by Crippen LogP contribution is -2.32. The lowest BCUT2D eigenvalue weighted by atomic mass is 10.1. The summed E-state index contributed by atoms with van der Waals surface area (Å²) in [5.74, 6) is -1.63. The number of rotatable bonds is 5. The van der Waals surface area contributed by atoms with E-state index < -0.39 is 11.9 Å². The van der Waals surface area contributed by atoms with E-state index >= 15 is 0 Å². The molecule has 0 saturated carbocycles. The van der Waals surface area contributed by atoms with Gasteiger partial charge >= 0.3 is 5.97 Å². The van der Waals surface area contributed by atoms with Gasteiger partial charge in [0.25, 0.3) is 5.91 Å². The molecule has 0 atom stereocenters. The maximum absolute atomic E-state index is 13.1. The number of benzene rings is 2. The number of carbonyl (C=O) groups is 2. The highest BCUT2D eigenvalue weighted by Crippen LogP contribution is 2.21. The molecule has 6 nitrogen and oxygen atoms in total. The Morgan fingerprint density at radius 1 is 1.04 bits per heavy atom. The van der Waals surface area contributed by atoms with Crippen LogP contribution in [0.3, 0.4) is 0 Å². The number of anilines is 1. The first-order valence-corrected chi connectivity index (χ1v) is 7.74. The zero-order chi connectivity index (χ0) is 17.8. The molecule has 0 aliphatic carbocycles. The SMILES string of the molecule is Cn1cc(C(=O)O)c(C(=O)N(Cc2ccccc2)c2ccccc2)n1. The average Bonchev–Trinajstić information content (AvgIpc) is 3.03. The van der Waals surface area contributed by atoms with Crippen LogP contribution >= 0.6 is 0 Å². The number of amides is 1. The Balaban J connectivity index is 2.02. The fraction of sp³-hybridized carbons (Fsp3) is 0.105. The second-order valence-electron chi connectivity index (χ2n) is 5.58. The summed E-state index contributed by atoms with van der Waals surface area (Å²) in [6.45, 7) is 0.319. The molecule has 0 spiro atoms. The molecule has 25 heavy (non-hydrogen) atoms. The van der Waals surface area contributed by atoms with Crippen molar-refractivity contribution in [2.45, 2.75) is 6.54 Å². The summed E-state index contributed by atoms with van der Waals surface area (Å²) < 4.78 is 1.34. The van der Waals surface area contributed by atoms with Crippen molar-refractivity contribution in [3.8, 4) is 0 Å². The number of aromatic carboxylic acids is 1. The summed E-state index contributed by atoms with van der Waals surface area (Å²) in [6, 6.07) is 18.7. The van der Waals surface area contributed by atoms with Gasteiger partial charge in [0.2, 0.25) is 0 Å². The van der Waals surface area contributed by atoms with E-state index in [9.17, 15) is 14.7 Å². The average molecular weight is 335 g/mol. The van der Waals surface area contributed by atoms with E-state index in [0.717, 1.165) is 5.56 Å². The first kappa shape index (κ1) is 16.4. The van der Waals surface area contributed by atoms with Gasteiger partial charge in [-0.05, 0) is 17.7 Å². The van der Waals surface area contributed by atoms with E-state index in [1.165, 1.54) is 15.8 Å². The molecular weight excluding hydrogens is 318 g/mol. The molecule has 6 heteroatoms. The summed E-state index contributed by atoms with van der Waals surface area (Å²) >= 11 is 0. The number of carbonyl (C=O) groups excluding carboxylic acids is 1. The van der Waals surface area contributed by atoms with Gasteiger partial charge in [-0.3, -0.25) is 9.48 Å². The topological polar surface area (TPSA) is 75.4 Å². The minimum Gasteiger partial charge on any atom is -0.478 e. The number of hydrogen-bond acceptors (Lipinski definition) is 3. The van der Waals surface area contributed by atoms with Crippen LogP contribution in [0.15, 0.2) is 66.9 Å². The number of carboxylic acid groups (broad SMARTS) is 1. The number of para-hydroxylation sites is 1. The quantitative estimate of drug-likeness (QED) is 0.778. The van der Waals surface area contributed by atoms with E-state index in [2.05, 4.69) is 5.10 Å². The maximum Gasteiger partial charge on any atom is 0.339 e. The normalized spacial score (nSPS) is 10.4. The van der Waals surface area contributed by atoms with Crippen LogP contribution in [-0.2, 0) is 13.6 Å². The summed E-state index contributed by atoms with van der Waals surface area (Å²) in [7, 11) is 1.59. The number of carboxylic acids is 1. The van der Waals surface area contributed by atoms with Gasteiger partial charge in [0.1, 0.15) is 5.56 Å². The van der Waals surface area contributed by atoms with Gasteiger partial charge < -0.3 is 10.0 Å². The first-order chi connectivity index (χ1) is 12.1. The van der Waals surface area contributed by atoms with Crippen molar-refractivity contribution in [1.82, 2.24) is 9.78 Å². The van der Waals surface area contributed by atoms with Crippen LogP contribution in [0.1, 0.15) is 26.4 Å². The van der Waals surface area contributed by atoms with Crippen molar-refractivity contribution in [1.29, 1.82) is 0 Å². The van der Waals surface area contributed by atoms with E-state index in [1.54, 1.807) is 7.05 Å². The molecule has 1 aromatic heterocycles. The van der Waals surface area contributed by atoms with Crippen LogP contribution in [0.2, 0.25) is 0 Å². The molecule has 1 amide bonds. The van der Waals surface area contributed by atoms with Crippen molar-refractivity contribution in [2.75, 3.05) is 4.90 Å². The Morgan fingerprint density at radius 2 is 1.64 bits per heavy atom. The van der Waals surface area contributed by atoms with Crippen molar-refractivity contribution in [3.63, 3.8) is 0 Å². The van der Waals surface area contributed by atoms with Crippen molar-refractivity contribution in [3.05, 3.63) is 83.7 Å². The van der Waals surface area contributed by atoms with Crippen molar-refractivity contribution in [2.24, 2.45) is 7.05 Å².